The van der Waals surface area contributed by atoms with Crippen molar-refractivity contribution in [2.45, 2.75) is 39.0 Å². The highest BCUT2D eigenvalue weighted by molar-refractivity contribution is 5.77. The Bertz CT molecular complexity index is 145. The van der Waals surface area contributed by atoms with Gasteiger partial charge >= 0.3 is 5.97 Å². The maximum absolute atomic E-state index is 10.5. The summed E-state index contributed by atoms with van der Waals surface area (Å²) in [4.78, 5) is 10.5. The van der Waals surface area contributed by atoms with E-state index in [9.17, 15) is 4.79 Å². The molecule has 66 valence electrons. The van der Waals surface area contributed by atoms with E-state index in [4.69, 9.17) is 10.2 Å². The highest BCUT2D eigenvalue weighted by Gasteiger charge is 2.28. The summed E-state index contributed by atoms with van der Waals surface area (Å²) in [6, 6.07) is 0. The minimum Gasteiger partial charge on any atom is -0.480 e. The maximum atomic E-state index is 10.5. The number of hydrogen-bond donors (Lipinski definition) is 3. The second kappa shape index (κ2) is 3.69. The molecule has 4 nitrogen and oxygen atoms in total. The van der Waals surface area contributed by atoms with Gasteiger partial charge in [0.05, 0.1) is 0 Å². The fourth-order valence-electron chi connectivity index (χ4n) is 0.580. The van der Waals surface area contributed by atoms with Gasteiger partial charge in [-0.1, -0.05) is 6.92 Å². The van der Waals surface area contributed by atoms with Crippen LogP contribution in [0.3, 0.4) is 0 Å². The average molecular weight is 161 g/mol. The SMILES string of the molecule is CCC(O)NC(C)(C)C(=O)O. The Balaban J connectivity index is 4.01. The summed E-state index contributed by atoms with van der Waals surface area (Å²) >= 11 is 0. The molecule has 1 unspecified atom stereocenters. The molecule has 0 spiro atoms. The van der Waals surface area contributed by atoms with Crippen molar-refractivity contribution >= 4 is 5.97 Å². The van der Waals surface area contributed by atoms with Crippen molar-refractivity contribution in [2.24, 2.45) is 0 Å². The molecule has 0 heterocycles. The summed E-state index contributed by atoms with van der Waals surface area (Å²) < 4.78 is 0. The van der Waals surface area contributed by atoms with Gasteiger partial charge < -0.3 is 10.2 Å². The zero-order valence-electron chi connectivity index (χ0n) is 7.09. The molecule has 1 atom stereocenters. The zero-order chi connectivity index (χ0) is 9.07. The number of hydrogen-bond acceptors (Lipinski definition) is 3. The van der Waals surface area contributed by atoms with Crippen LogP contribution in [0.15, 0.2) is 0 Å². The largest absolute Gasteiger partial charge is 0.480 e. The second-order valence-corrected chi connectivity index (χ2v) is 3.00. The summed E-state index contributed by atoms with van der Waals surface area (Å²) in [6.45, 7) is 4.79. The summed E-state index contributed by atoms with van der Waals surface area (Å²) in [5.41, 5.74) is -1.06. The first-order valence-electron chi connectivity index (χ1n) is 3.59. The standard InChI is InChI=1S/C7H15NO3/c1-4-5(9)8-7(2,3)6(10)11/h5,8-9H,4H2,1-3H3,(H,10,11). The van der Waals surface area contributed by atoms with Gasteiger partial charge in [-0.3, -0.25) is 10.1 Å². The molecule has 0 amide bonds. The molecule has 0 aliphatic carbocycles. The molecule has 0 aromatic carbocycles. The second-order valence-electron chi connectivity index (χ2n) is 3.00. The van der Waals surface area contributed by atoms with Crippen molar-refractivity contribution in [3.05, 3.63) is 0 Å². The molecule has 3 N–H and O–H groups in total. The summed E-state index contributed by atoms with van der Waals surface area (Å²) in [7, 11) is 0. The molecule has 0 aliphatic rings. The van der Waals surface area contributed by atoms with Crippen LogP contribution < -0.4 is 5.32 Å². The Hall–Kier alpha value is -0.610. The Morgan fingerprint density at radius 3 is 2.36 bits per heavy atom. The van der Waals surface area contributed by atoms with Gasteiger partial charge in [0.25, 0.3) is 0 Å². The van der Waals surface area contributed by atoms with E-state index in [0.29, 0.717) is 6.42 Å². The lowest BCUT2D eigenvalue weighted by Crippen LogP contribution is -2.51. The number of carboxylic acid groups (broad SMARTS) is 1. The molecule has 0 fully saturated rings. The first kappa shape index (κ1) is 10.4. The summed E-state index contributed by atoms with van der Waals surface area (Å²) in [5, 5.41) is 20.2. The smallest absolute Gasteiger partial charge is 0.323 e. The topological polar surface area (TPSA) is 69.6 Å². The summed E-state index contributed by atoms with van der Waals surface area (Å²) in [5.74, 6) is -0.968. The minimum atomic E-state index is -1.06. The number of aliphatic hydroxyl groups excluding tert-OH is 1. The molecule has 0 saturated heterocycles. The number of aliphatic hydroxyl groups is 1. The molecule has 0 rings (SSSR count). The fourth-order valence-corrected chi connectivity index (χ4v) is 0.580. The van der Waals surface area contributed by atoms with Crippen molar-refractivity contribution in [3.63, 3.8) is 0 Å². The molecule has 0 aliphatic heterocycles. The first-order chi connectivity index (χ1) is 4.90. The number of carbonyl (C=O) groups is 1. The van der Waals surface area contributed by atoms with E-state index < -0.39 is 17.7 Å². The molecule has 4 heteroatoms. The van der Waals surface area contributed by atoms with Crippen molar-refractivity contribution in [3.8, 4) is 0 Å². The Labute approximate surface area is 66.2 Å². The molecule has 0 aromatic heterocycles. The Morgan fingerprint density at radius 2 is 2.09 bits per heavy atom. The predicted octanol–water partition coefficient (Wildman–Crippen LogP) is 0.168. The van der Waals surface area contributed by atoms with Gasteiger partial charge in [0.2, 0.25) is 0 Å². The molecule has 0 radical (unpaired) electrons. The van der Waals surface area contributed by atoms with E-state index in [0.717, 1.165) is 0 Å². The minimum absolute atomic E-state index is 0.497. The highest BCUT2D eigenvalue weighted by atomic mass is 16.4. The molecule has 0 aromatic rings. The van der Waals surface area contributed by atoms with E-state index in [1.165, 1.54) is 13.8 Å². The monoisotopic (exact) mass is 161 g/mol. The van der Waals surface area contributed by atoms with Gasteiger partial charge in [-0.15, -0.1) is 0 Å². The van der Waals surface area contributed by atoms with Crippen LogP contribution in [-0.2, 0) is 4.79 Å². The van der Waals surface area contributed by atoms with E-state index in [-0.39, 0.29) is 0 Å². The van der Waals surface area contributed by atoms with Gasteiger partial charge in [-0.2, -0.15) is 0 Å². The van der Waals surface area contributed by atoms with Crippen LogP contribution in [0.25, 0.3) is 0 Å². The van der Waals surface area contributed by atoms with Crippen molar-refractivity contribution in [2.75, 3.05) is 0 Å². The zero-order valence-corrected chi connectivity index (χ0v) is 7.09. The third-order valence-corrected chi connectivity index (χ3v) is 1.45. The fraction of sp³-hybridized carbons (Fsp3) is 0.857. The van der Waals surface area contributed by atoms with Crippen LogP contribution >= 0.6 is 0 Å². The Kier molecular flexibility index (Phi) is 3.48. The lowest BCUT2D eigenvalue weighted by molar-refractivity contribution is -0.145. The van der Waals surface area contributed by atoms with Crippen molar-refractivity contribution in [1.82, 2.24) is 5.32 Å². The van der Waals surface area contributed by atoms with Crippen LogP contribution in [0.5, 0.6) is 0 Å². The summed E-state index contributed by atoms with van der Waals surface area (Å²) in [6.07, 6.45) is -0.252. The lowest BCUT2D eigenvalue weighted by Gasteiger charge is -2.24. The van der Waals surface area contributed by atoms with Crippen LogP contribution in [-0.4, -0.2) is 27.9 Å². The number of rotatable bonds is 4. The average Bonchev–Trinajstić information content (AvgIpc) is 1.86. The van der Waals surface area contributed by atoms with E-state index in [1.54, 1.807) is 6.92 Å². The van der Waals surface area contributed by atoms with Crippen molar-refractivity contribution in [1.29, 1.82) is 0 Å². The molecule has 0 saturated carbocycles. The third kappa shape index (κ3) is 3.34. The number of carboxylic acids is 1. The van der Waals surface area contributed by atoms with Crippen LogP contribution in [0, 0.1) is 0 Å². The number of aliphatic carboxylic acids is 1. The first-order valence-corrected chi connectivity index (χ1v) is 3.59. The predicted molar refractivity (Wildman–Crippen MR) is 41.1 cm³/mol. The van der Waals surface area contributed by atoms with Gasteiger partial charge in [0.1, 0.15) is 11.8 Å². The van der Waals surface area contributed by atoms with Gasteiger partial charge in [-0.05, 0) is 20.3 Å². The van der Waals surface area contributed by atoms with E-state index in [2.05, 4.69) is 5.32 Å². The molecular formula is C7H15NO3. The lowest BCUT2D eigenvalue weighted by atomic mass is 10.1. The van der Waals surface area contributed by atoms with Gasteiger partial charge in [-0.25, -0.2) is 0 Å². The molecule has 11 heavy (non-hydrogen) atoms. The highest BCUT2D eigenvalue weighted by Crippen LogP contribution is 2.03. The van der Waals surface area contributed by atoms with Crippen LogP contribution in [0.4, 0.5) is 0 Å². The van der Waals surface area contributed by atoms with Crippen LogP contribution in [0.2, 0.25) is 0 Å². The van der Waals surface area contributed by atoms with Gasteiger partial charge in [0.15, 0.2) is 0 Å². The molecule has 0 bridgehead atoms. The normalized spacial score (nSPS) is 14.5. The van der Waals surface area contributed by atoms with E-state index >= 15 is 0 Å². The van der Waals surface area contributed by atoms with Crippen LogP contribution in [0.1, 0.15) is 27.2 Å². The van der Waals surface area contributed by atoms with E-state index in [1.807, 2.05) is 0 Å². The quantitative estimate of drug-likeness (QED) is 0.514. The molecular weight excluding hydrogens is 146 g/mol. The van der Waals surface area contributed by atoms with Crippen molar-refractivity contribution < 1.29 is 15.0 Å². The third-order valence-electron chi connectivity index (χ3n) is 1.45. The van der Waals surface area contributed by atoms with Gasteiger partial charge in [0, 0.05) is 0 Å². The Morgan fingerprint density at radius 1 is 1.64 bits per heavy atom. The maximum Gasteiger partial charge on any atom is 0.323 e. The number of nitrogens with one attached hydrogen (secondary N) is 1.